The second-order valence-electron chi connectivity index (χ2n) is 11.6. The van der Waals surface area contributed by atoms with Crippen LogP contribution in [-0.2, 0) is 16.1 Å². The van der Waals surface area contributed by atoms with E-state index in [0.717, 1.165) is 5.56 Å². The molecule has 0 radical (unpaired) electrons. The van der Waals surface area contributed by atoms with Gasteiger partial charge in [0.1, 0.15) is 34.5 Å². The SMILES string of the molecule is C=CN(C[C@@]12C[C@@H](C(=O)Nc3nc(Br)ccc3C)N(C(=O)Cn3nc(C(C)=O)c4cc(-c5cnc(C)nc5)ncc43)[C@@H]1C2)N=NC. The van der Waals surface area contributed by atoms with Gasteiger partial charge in [0.25, 0.3) is 0 Å². The van der Waals surface area contributed by atoms with E-state index in [1.54, 1.807) is 60.8 Å². The smallest absolute Gasteiger partial charge is 0.248 e. The molecule has 2 fully saturated rings. The lowest BCUT2D eigenvalue weighted by Gasteiger charge is -2.27. The average Bonchev–Trinajstić information content (AvgIpc) is 3.43. The number of aryl methyl sites for hydroxylation is 2. The van der Waals surface area contributed by atoms with E-state index in [1.165, 1.54) is 11.6 Å². The molecule has 5 heterocycles. The van der Waals surface area contributed by atoms with E-state index >= 15 is 0 Å². The predicted molar refractivity (Wildman–Crippen MR) is 172 cm³/mol. The molecule has 2 aliphatic rings. The van der Waals surface area contributed by atoms with Crippen LogP contribution in [0.4, 0.5) is 5.82 Å². The lowest BCUT2D eigenvalue weighted by Crippen LogP contribution is -2.47. The standard InChI is InChI=1S/C31H32BrN11O3/c1-6-41(40-33-5)16-31-10-23(30(46)38-29-17(2)7-8-26(32)37-29)43(25(31)11-31)27(45)15-42-24-14-36-22(20-12-34-19(4)35-13-20)9-21(24)28(39-42)18(3)44/h6-9,12-14,23,25H,1,10-11,15-16H2,2-5H3,(H,37,38,46)/t23-,25+,31-/m0/s1. The largest absolute Gasteiger partial charge is 0.325 e. The summed E-state index contributed by atoms with van der Waals surface area (Å²) >= 11 is 3.36. The molecule has 4 aromatic heterocycles. The van der Waals surface area contributed by atoms with Crippen LogP contribution in [0.15, 0.2) is 64.5 Å². The zero-order chi connectivity index (χ0) is 32.7. The normalized spacial score (nSPS) is 20.2. The molecule has 0 spiro atoms. The first-order chi connectivity index (χ1) is 22.0. The highest BCUT2D eigenvalue weighted by atomic mass is 79.9. The van der Waals surface area contributed by atoms with Crippen LogP contribution < -0.4 is 5.32 Å². The maximum atomic E-state index is 14.2. The molecule has 0 aromatic carbocycles. The van der Waals surface area contributed by atoms with E-state index in [1.807, 2.05) is 13.0 Å². The number of fused-ring (bicyclic) bond motifs is 2. The minimum Gasteiger partial charge on any atom is -0.325 e. The van der Waals surface area contributed by atoms with Gasteiger partial charge in [-0.05, 0) is 60.3 Å². The Hall–Kier alpha value is -4.92. The van der Waals surface area contributed by atoms with Crippen molar-refractivity contribution in [3.05, 3.63) is 71.3 Å². The van der Waals surface area contributed by atoms with Crippen molar-refractivity contribution in [3.8, 4) is 11.3 Å². The van der Waals surface area contributed by atoms with Gasteiger partial charge in [-0.3, -0.25) is 29.1 Å². The molecule has 4 aromatic rings. The summed E-state index contributed by atoms with van der Waals surface area (Å²) in [5.41, 5.74) is 2.42. The van der Waals surface area contributed by atoms with Gasteiger partial charge >= 0.3 is 0 Å². The van der Waals surface area contributed by atoms with Crippen molar-refractivity contribution in [1.29, 1.82) is 0 Å². The van der Waals surface area contributed by atoms with Crippen LogP contribution in [0.2, 0.25) is 0 Å². The summed E-state index contributed by atoms with van der Waals surface area (Å²) in [5, 5.41) is 17.6. The number of carbonyl (C=O) groups is 3. The van der Waals surface area contributed by atoms with Gasteiger partial charge in [0, 0.05) is 47.9 Å². The third kappa shape index (κ3) is 5.77. The first kappa shape index (κ1) is 31.1. The van der Waals surface area contributed by atoms with Crippen LogP contribution in [0, 0.1) is 19.3 Å². The number of likely N-dealkylation sites (tertiary alicyclic amines) is 1. The zero-order valence-corrected chi connectivity index (χ0v) is 27.4. The summed E-state index contributed by atoms with van der Waals surface area (Å²) in [4.78, 5) is 59.7. The highest BCUT2D eigenvalue weighted by Gasteiger charge is 2.67. The number of halogens is 1. The van der Waals surface area contributed by atoms with E-state index in [4.69, 9.17) is 0 Å². The molecule has 1 N–H and O–H groups in total. The number of piperidine rings is 1. The number of ketones is 1. The summed E-state index contributed by atoms with van der Waals surface area (Å²) in [6, 6.07) is 4.43. The topological polar surface area (TPSA) is 164 Å². The molecule has 2 amide bonds. The second-order valence-corrected chi connectivity index (χ2v) is 12.4. The summed E-state index contributed by atoms with van der Waals surface area (Å²) in [6.45, 7) is 9.17. The molecule has 6 rings (SSSR count). The maximum Gasteiger partial charge on any atom is 0.248 e. The molecule has 46 heavy (non-hydrogen) atoms. The average molecular weight is 687 g/mol. The molecule has 14 nitrogen and oxygen atoms in total. The van der Waals surface area contributed by atoms with Crippen molar-refractivity contribution < 1.29 is 14.4 Å². The number of Topliss-reactive ketones (excluding diaryl/α,β-unsaturated/α-hetero) is 1. The van der Waals surface area contributed by atoms with E-state index in [0.29, 0.717) is 57.8 Å². The van der Waals surface area contributed by atoms with Gasteiger partial charge in [0.2, 0.25) is 11.8 Å². The van der Waals surface area contributed by atoms with Crippen LogP contribution >= 0.6 is 15.9 Å². The van der Waals surface area contributed by atoms with Gasteiger partial charge in [0.15, 0.2) is 5.78 Å². The summed E-state index contributed by atoms with van der Waals surface area (Å²) in [6.07, 6.45) is 7.62. The number of hydrogen-bond donors (Lipinski definition) is 1. The Balaban J connectivity index is 1.32. The minimum atomic E-state index is -0.767. The number of nitrogens with one attached hydrogen (secondary N) is 1. The number of pyridine rings is 2. The fourth-order valence-corrected chi connectivity index (χ4v) is 6.50. The number of hydrogen-bond acceptors (Lipinski definition) is 10. The fraction of sp³-hybridized carbons (Fsp3) is 0.355. The first-order valence-electron chi connectivity index (χ1n) is 14.6. The highest BCUT2D eigenvalue weighted by Crippen LogP contribution is 2.60. The molecule has 3 atom stereocenters. The summed E-state index contributed by atoms with van der Waals surface area (Å²) < 4.78 is 2.06. The number of anilines is 1. The Bertz CT molecular complexity index is 1910. The molecule has 15 heteroatoms. The van der Waals surface area contributed by atoms with Crippen molar-refractivity contribution in [3.63, 3.8) is 0 Å². The van der Waals surface area contributed by atoms with E-state index in [-0.39, 0.29) is 41.3 Å². The van der Waals surface area contributed by atoms with Crippen molar-refractivity contribution in [2.75, 3.05) is 18.9 Å². The molecule has 236 valence electrons. The second kappa shape index (κ2) is 12.1. The third-order valence-corrected chi connectivity index (χ3v) is 8.98. The predicted octanol–water partition coefficient (Wildman–Crippen LogP) is 4.31. The van der Waals surface area contributed by atoms with E-state index in [2.05, 4.69) is 63.2 Å². The Morgan fingerprint density at radius 1 is 1.17 bits per heavy atom. The molecule has 1 saturated heterocycles. The molecule has 1 aliphatic heterocycles. The number of aromatic nitrogens is 6. The number of carbonyl (C=O) groups excluding carboxylic acids is 3. The van der Waals surface area contributed by atoms with Gasteiger partial charge in [-0.2, -0.15) is 10.2 Å². The molecule has 1 saturated carbocycles. The van der Waals surface area contributed by atoms with Gasteiger partial charge in [-0.1, -0.05) is 17.9 Å². The summed E-state index contributed by atoms with van der Waals surface area (Å²) in [7, 11) is 1.57. The van der Waals surface area contributed by atoms with Crippen LogP contribution in [0.5, 0.6) is 0 Å². The van der Waals surface area contributed by atoms with Crippen molar-refractivity contribution in [1.82, 2.24) is 39.6 Å². The lowest BCUT2D eigenvalue weighted by atomic mass is 9.98. The minimum absolute atomic E-state index is 0.192. The number of rotatable bonds is 10. The van der Waals surface area contributed by atoms with Crippen LogP contribution in [0.1, 0.15) is 41.6 Å². The van der Waals surface area contributed by atoms with Crippen LogP contribution in [0.25, 0.3) is 22.2 Å². The van der Waals surface area contributed by atoms with Gasteiger partial charge in [0.05, 0.1) is 31.0 Å². The fourth-order valence-electron chi connectivity index (χ4n) is 6.19. The van der Waals surface area contributed by atoms with Gasteiger partial charge < -0.3 is 10.2 Å². The Morgan fingerprint density at radius 2 is 1.93 bits per heavy atom. The Labute approximate surface area is 273 Å². The number of amides is 2. The van der Waals surface area contributed by atoms with Crippen LogP contribution in [0.3, 0.4) is 0 Å². The molecular weight excluding hydrogens is 654 g/mol. The van der Waals surface area contributed by atoms with Gasteiger partial charge in [-0.25, -0.2) is 15.0 Å². The first-order valence-corrected chi connectivity index (χ1v) is 15.4. The number of nitrogens with zero attached hydrogens (tertiary/aromatic N) is 10. The summed E-state index contributed by atoms with van der Waals surface area (Å²) in [5.74, 6) is 0.154. The third-order valence-electron chi connectivity index (χ3n) is 8.54. The maximum absolute atomic E-state index is 14.2. The Morgan fingerprint density at radius 3 is 2.63 bits per heavy atom. The highest BCUT2D eigenvalue weighted by molar-refractivity contribution is 9.10. The van der Waals surface area contributed by atoms with Crippen molar-refractivity contribution in [2.24, 2.45) is 15.8 Å². The molecular formula is C31H32BrN11O3. The van der Waals surface area contributed by atoms with Gasteiger partial charge in [-0.15, -0.1) is 0 Å². The molecule has 0 unspecified atom stereocenters. The van der Waals surface area contributed by atoms with Crippen molar-refractivity contribution >= 4 is 50.2 Å². The molecule has 0 bridgehead atoms. The van der Waals surface area contributed by atoms with Crippen LogP contribution in [-0.4, -0.2) is 82.9 Å². The van der Waals surface area contributed by atoms with Crippen molar-refractivity contribution in [2.45, 2.75) is 52.2 Å². The quantitative estimate of drug-likeness (QED) is 0.111. The monoisotopic (exact) mass is 685 g/mol. The Kier molecular flexibility index (Phi) is 8.19. The van der Waals surface area contributed by atoms with E-state index in [9.17, 15) is 14.4 Å². The van der Waals surface area contributed by atoms with E-state index < -0.39 is 6.04 Å². The molecule has 1 aliphatic carbocycles. The lowest BCUT2D eigenvalue weighted by molar-refractivity contribution is -0.138. The zero-order valence-electron chi connectivity index (χ0n) is 25.8.